The van der Waals surface area contributed by atoms with Crippen molar-refractivity contribution in [2.75, 3.05) is 13.1 Å². The summed E-state index contributed by atoms with van der Waals surface area (Å²) in [6, 6.07) is 5.34. The smallest absolute Gasteiger partial charge is 0.256 e. The highest BCUT2D eigenvalue weighted by Crippen LogP contribution is 2.39. The zero-order valence-electron chi connectivity index (χ0n) is 15.4. The molecule has 138 valence electrons. The van der Waals surface area contributed by atoms with Gasteiger partial charge in [0.15, 0.2) is 0 Å². The molecule has 1 saturated heterocycles. The largest absolute Gasteiger partial charge is 0.329 e. The maximum absolute atomic E-state index is 13.8. The maximum Gasteiger partial charge on any atom is 0.256 e. The second kappa shape index (κ2) is 7.00. The summed E-state index contributed by atoms with van der Waals surface area (Å²) < 4.78 is 13.8. The fourth-order valence-electron chi connectivity index (χ4n) is 5.20. The molecule has 0 spiro atoms. The monoisotopic (exact) mass is 355 g/mol. The minimum atomic E-state index is -0.436. The van der Waals surface area contributed by atoms with E-state index in [-0.39, 0.29) is 23.6 Å². The number of piperidine rings is 1. The maximum atomic E-state index is 13.8. The molecule has 1 aliphatic carbocycles. The van der Waals surface area contributed by atoms with Crippen LogP contribution >= 0.6 is 0 Å². The molecule has 3 aliphatic rings. The number of halogens is 1. The van der Waals surface area contributed by atoms with E-state index >= 15 is 0 Å². The van der Waals surface area contributed by atoms with Crippen molar-refractivity contribution in [1.29, 1.82) is 5.26 Å². The quantitative estimate of drug-likeness (QED) is 0.805. The molecule has 1 atom stereocenters. The Kier molecular flexibility index (Phi) is 4.71. The third kappa shape index (κ3) is 2.91. The average molecular weight is 355 g/mol. The molecule has 26 heavy (non-hydrogen) atoms. The number of nitrogens with zero attached hydrogens (tertiary/aromatic N) is 3. The van der Waals surface area contributed by atoms with Crippen molar-refractivity contribution in [2.24, 2.45) is 0 Å². The minimum absolute atomic E-state index is 0.0971. The molecular formula is C21H26FN3O. The first-order chi connectivity index (χ1) is 12.6. The lowest BCUT2D eigenvalue weighted by Gasteiger charge is -2.42. The minimum Gasteiger partial charge on any atom is -0.329 e. The van der Waals surface area contributed by atoms with Crippen molar-refractivity contribution in [1.82, 2.24) is 9.80 Å². The van der Waals surface area contributed by atoms with Crippen LogP contribution in [0.2, 0.25) is 0 Å². The Hall–Kier alpha value is -1.93. The summed E-state index contributed by atoms with van der Waals surface area (Å²) in [7, 11) is 0. The van der Waals surface area contributed by atoms with Gasteiger partial charge in [0.25, 0.3) is 5.91 Å². The van der Waals surface area contributed by atoms with E-state index in [1.54, 1.807) is 0 Å². The first-order valence-corrected chi connectivity index (χ1v) is 9.90. The van der Waals surface area contributed by atoms with Gasteiger partial charge in [-0.05, 0) is 50.3 Å². The highest BCUT2D eigenvalue weighted by molar-refractivity contribution is 6.01. The number of rotatable bonds is 2. The van der Waals surface area contributed by atoms with Crippen LogP contribution in [-0.4, -0.2) is 40.9 Å². The lowest BCUT2D eigenvalue weighted by Crippen LogP contribution is -2.49. The van der Waals surface area contributed by atoms with Crippen molar-refractivity contribution in [3.63, 3.8) is 0 Å². The fourth-order valence-corrected chi connectivity index (χ4v) is 5.20. The molecule has 1 aromatic carbocycles. The molecule has 0 N–H and O–H groups in total. The number of hydrogen-bond acceptors (Lipinski definition) is 3. The zero-order chi connectivity index (χ0) is 18.3. The van der Waals surface area contributed by atoms with Gasteiger partial charge in [-0.1, -0.05) is 19.3 Å². The molecule has 1 aromatic rings. The second-order valence-electron chi connectivity index (χ2n) is 7.98. The lowest BCUT2D eigenvalue weighted by atomic mass is 9.91. The molecule has 0 aromatic heterocycles. The van der Waals surface area contributed by atoms with E-state index < -0.39 is 5.82 Å². The second-order valence-corrected chi connectivity index (χ2v) is 7.98. The van der Waals surface area contributed by atoms with E-state index in [2.05, 4.69) is 4.90 Å². The van der Waals surface area contributed by atoms with Gasteiger partial charge in [-0.3, -0.25) is 4.79 Å². The van der Waals surface area contributed by atoms with Gasteiger partial charge in [0.1, 0.15) is 11.9 Å². The fraction of sp³-hybridized carbons (Fsp3) is 0.619. The normalized spacial score (nSPS) is 25.3. The van der Waals surface area contributed by atoms with Crippen LogP contribution in [0.25, 0.3) is 0 Å². The first-order valence-electron chi connectivity index (χ1n) is 9.90. The van der Waals surface area contributed by atoms with Crippen molar-refractivity contribution >= 4 is 5.91 Å². The Morgan fingerprint density at radius 1 is 1.08 bits per heavy atom. The van der Waals surface area contributed by atoms with Gasteiger partial charge in [0, 0.05) is 25.2 Å². The molecule has 2 aliphatic heterocycles. The van der Waals surface area contributed by atoms with Crippen LogP contribution in [0.15, 0.2) is 12.1 Å². The number of carbonyl (C=O) groups excluding carboxylic acids is 1. The molecule has 2 heterocycles. The predicted molar refractivity (Wildman–Crippen MR) is 97.2 cm³/mol. The summed E-state index contributed by atoms with van der Waals surface area (Å²) in [4.78, 5) is 17.5. The first kappa shape index (κ1) is 17.5. The molecule has 5 heteroatoms. The Bertz CT molecular complexity index is 742. The van der Waals surface area contributed by atoms with E-state index in [9.17, 15) is 14.4 Å². The SMILES string of the molecule is CC1c2cc(F)cc(C#N)c2C(=O)N1C1CCN(C2CCCCC2)CC1. The Morgan fingerprint density at radius 2 is 1.77 bits per heavy atom. The van der Waals surface area contributed by atoms with Gasteiger partial charge >= 0.3 is 0 Å². The number of amides is 1. The van der Waals surface area contributed by atoms with Gasteiger partial charge < -0.3 is 9.80 Å². The average Bonchev–Trinajstić information content (AvgIpc) is 2.92. The van der Waals surface area contributed by atoms with E-state index in [4.69, 9.17) is 0 Å². The number of carbonyl (C=O) groups is 1. The van der Waals surface area contributed by atoms with Crippen LogP contribution in [0.3, 0.4) is 0 Å². The summed E-state index contributed by atoms with van der Waals surface area (Å²) >= 11 is 0. The van der Waals surface area contributed by atoms with E-state index in [1.165, 1.54) is 44.2 Å². The molecular weight excluding hydrogens is 329 g/mol. The Balaban J connectivity index is 1.49. The van der Waals surface area contributed by atoms with E-state index in [0.29, 0.717) is 17.2 Å². The van der Waals surface area contributed by atoms with Crippen LogP contribution in [-0.2, 0) is 0 Å². The van der Waals surface area contributed by atoms with Crippen LogP contribution in [0.1, 0.15) is 79.4 Å². The lowest BCUT2D eigenvalue weighted by molar-refractivity contribution is 0.0428. The topological polar surface area (TPSA) is 47.3 Å². The Labute approximate surface area is 154 Å². The van der Waals surface area contributed by atoms with Gasteiger partial charge in [0.2, 0.25) is 0 Å². The molecule has 4 nitrogen and oxygen atoms in total. The number of likely N-dealkylation sites (tertiary alicyclic amines) is 1. The van der Waals surface area contributed by atoms with Gasteiger partial charge in [-0.15, -0.1) is 0 Å². The summed E-state index contributed by atoms with van der Waals surface area (Å²) in [5.41, 5.74) is 1.25. The number of hydrogen-bond donors (Lipinski definition) is 0. The Morgan fingerprint density at radius 3 is 2.42 bits per heavy atom. The molecule has 1 amide bonds. The van der Waals surface area contributed by atoms with Gasteiger partial charge in [-0.25, -0.2) is 4.39 Å². The van der Waals surface area contributed by atoms with Crippen LogP contribution in [0, 0.1) is 17.1 Å². The van der Waals surface area contributed by atoms with E-state index in [0.717, 1.165) is 25.9 Å². The van der Waals surface area contributed by atoms with Crippen LogP contribution < -0.4 is 0 Å². The standard InChI is InChI=1S/C21H26FN3O/c1-14-19-12-16(22)11-15(13-23)20(19)21(26)25(14)18-7-9-24(10-8-18)17-5-3-2-4-6-17/h11-12,14,17-18H,2-10H2,1H3. The summed E-state index contributed by atoms with van der Waals surface area (Å²) in [5.74, 6) is -0.533. The molecule has 1 unspecified atom stereocenters. The summed E-state index contributed by atoms with van der Waals surface area (Å²) in [5, 5.41) is 9.31. The van der Waals surface area contributed by atoms with Crippen molar-refractivity contribution in [3.05, 3.63) is 34.6 Å². The molecule has 0 radical (unpaired) electrons. The third-order valence-electron chi connectivity index (χ3n) is 6.55. The molecule has 4 rings (SSSR count). The number of nitriles is 1. The molecule has 0 bridgehead atoms. The van der Waals surface area contributed by atoms with Crippen LogP contribution in [0.4, 0.5) is 4.39 Å². The van der Waals surface area contributed by atoms with Gasteiger partial charge in [-0.2, -0.15) is 5.26 Å². The number of benzene rings is 1. The molecule has 2 fully saturated rings. The van der Waals surface area contributed by atoms with Crippen molar-refractivity contribution in [2.45, 2.75) is 70.0 Å². The molecule has 1 saturated carbocycles. The summed E-state index contributed by atoms with van der Waals surface area (Å²) in [6.07, 6.45) is 8.58. The van der Waals surface area contributed by atoms with Crippen molar-refractivity contribution in [3.8, 4) is 6.07 Å². The highest BCUT2D eigenvalue weighted by atomic mass is 19.1. The third-order valence-corrected chi connectivity index (χ3v) is 6.55. The summed E-state index contributed by atoms with van der Waals surface area (Å²) in [6.45, 7) is 4.02. The predicted octanol–water partition coefficient (Wildman–Crippen LogP) is 4.01. The number of fused-ring (bicyclic) bond motifs is 1. The van der Waals surface area contributed by atoms with Gasteiger partial charge in [0.05, 0.1) is 17.2 Å². The van der Waals surface area contributed by atoms with Crippen LogP contribution in [0.5, 0.6) is 0 Å². The van der Waals surface area contributed by atoms with E-state index in [1.807, 2.05) is 17.9 Å². The zero-order valence-corrected chi connectivity index (χ0v) is 15.4. The van der Waals surface area contributed by atoms with Crippen molar-refractivity contribution < 1.29 is 9.18 Å². The highest BCUT2D eigenvalue weighted by Gasteiger charge is 2.41.